The molecule has 0 fully saturated rings. The molecule has 0 radical (unpaired) electrons. The number of aliphatic carboxylic acids is 1. The van der Waals surface area contributed by atoms with Crippen LogP contribution in [0.4, 0.5) is 0 Å². The molecular formula is C17H22O4. The Hall–Kier alpha value is -1.71. The fraction of sp³-hybridized carbons (Fsp3) is 0.588. The average Bonchev–Trinajstić information content (AvgIpc) is 2.96. The third-order valence-corrected chi connectivity index (χ3v) is 4.42. The van der Waals surface area contributed by atoms with Gasteiger partial charge in [0, 0.05) is 36.0 Å². The Balaban J connectivity index is 2.00. The van der Waals surface area contributed by atoms with E-state index in [-0.39, 0.29) is 18.6 Å². The summed E-state index contributed by atoms with van der Waals surface area (Å²) in [5.74, 6) is 1.28. The van der Waals surface area contributed by atoms with Gasteiger partial charge in [-0.3, -0.25) is 4.79 Å². The zero-order chi connectivity index (χ0) is 15.1. The molecule has 0 bridgehead atoms. The molecule has 0 spiro atoms. The van der Waals surface area contributed by atoms with Crippen LogP contribution in [0.5, 0.6) is 11.5 Å². The quantitative estimate of drug-likeness (QED) is 0.926. The largest absolute Gasteiger partial charge is 0.490 e. The molecule has 2 heterocycles. The highest BCUT2D eigenvalue weighted by Crippen LogP contribution is 2.46. The van der Waals surface area contributed by atoms with E-state index in [1.54, 1.807) is 0 Å². The Kier molecular flexibility index (Phi) is 3.56. The van der Waals surface area contributed by atoms with Crippen LogP contribution in [0, 0.1) is 6.92 Å². The van der Waals surface area contributed by atoms with Crippen LogP contribution >= 0.6 is 0 Å². The maximum Gasteiger partial charge on any atom is 0.303 e. The highest BCUT2D eigenvalue weighted by Gasteiger charge is 2.33. The van der Waals surface area contributed by atoms with E-state index in [0.717, 1.165) is 30.8 Å². The fourth-order valence-corrected chi connectivity index (χ4v) is 3.49. The first-order valence-corrected chi connectivity index (χ1v) is 7.69. The summed E-state index contributed by atoms with van der Waals surface area (Å²) in [7, 11) is 0. The Bertz CT molecular complexity index is 552. The van der Waals surface area contributed by atoms with E-state index in [0.29, 0.717) is 6.42 Å². The number of carboxylic acids is 1. The summed E-state index contributed by atoms with van der Waals surface area (Å²) in [5, 5.41) is 8.85. The first-order valence-electron chi connectivity index (χ1n) is 7.69. The number of carboxylic acid groups (broad SMARTS) is 1. The molecule has 1 aromatic carbocycles. The SMILES string of the molecule is Cc1c2c(c(CCCC(=O)O)c3c1OC(C)C3)OC(C)C2. The molecule has 0 saturated heterocycles. The van der Waals surface area contributed by atoms with Gasteiger partial charge < -0.3 is 14.6 Å². The molecule has 21 heavy (non-hydrogen) atoms. The molecule has 3 rings (SSSR count). The van der Waals surface area contributed by atoms with Gasteiger partial charge in [0.1, 0.15) is 23.7 Å². The lowest BCUT2D eigenvalue weighted by Gasteiger charge is -2.15. The van der Waals surface area contributed by atoms with E-state index in [2.05, 4.69) is 20.8 Å². The molecule has 4 nitrogen and oxygen atoms in total. The van der Waals surface area contributed by atoms with Crippen molar-refractivity contribution in [2.75, 3.05) is 0 Å². The molecule has 0 aromatic heterocycles. The molecule has 0 aliphatic carbocycles. The zero-order valence-corrected chi connectivity index (χ0v) is 12.9. The number of fused-ring (bicyclic) bond motifs is 2. The third-order valence-electron chi connectivity index (χ3n) is 4.42. The highest BCUT2D eigenvalue weighted by molar-refractivity contribution is 5.67. The normalized spacial score (nSPS) is 22.4. The van der Waals surface area contributed by atoms with Crippen molar-refractivity contribution < 1.29 is 19.4 Å². The number of carbonyl (C=O) groups is 1. The first kappa shape index (κ1) is 14.2. The van der Waals surface area contributed by atoms with Crippen LogP contribution in [0.25, 0.3) is 0 Å². The van der Waals surface area contributed by atoms with Gasteiger partial charge in [-0.15, -0.1) is 0 Å². The molecule has 4 heteroatoms. The van der Waals surface area contributed by atoms with E-state index in [1.165, 1.54) is 22.3 Å². The topological polar surface area (TPSA) is 55.8 Å². The smallest absolute Gasteiger partial charge is 0.303 e. The van der Waals surface area contributed by atoms with Gasteiger partial charge in [-0.1, -0.05) is 0 Å². The van der Waals surface area contributed by atoms with E-state index < -0.39 is 5.97 Å². The van der Waals surface area contributed by atoms with Crippen molar-refractivity contribution in [3.05, 3.63) is 22.3 Å². The number of rotatable bonds is 4. The van der Waals surface area contributed by atoms with Crippen molar-refractivity contribution in [3.63, 3.8) is 0 Å². The maximum absolute atomic E-state index is 10.8. The van der Waals surface area contributed by atoms with Crippen LogP contribution in [0.3, 0.4) is 0 Å². The molecular weight excluding hydrogens is 268 g/mol. The minimum absolute atomic E-state index is 0.192. The monoisotopic (exact) mass is 290 g/mol. The van der Waals surface area contributed by atoms with Gasteiger partial charge in [-0.25, -0.2) is 0 Å². The molecule has 2 aliphatic heterocycles. The lowest BCUT2D eigenvalue weighted by atomic mass is 9.91. The van der Waals surface area contributed by atoms with Crippen LogP contribution in [0.2, 0.25) is 0 Å². The lowest BCUT2D eigenvalue weighted by Crippen LogP contribution is -2.08. The van der Waals surface area contributed by atoms with Crippen LogP contribution in [0.15, 0.2) is 0 Å². The van der Waals surface area contributed by atoms with Crippen molar-refractivity contribution in [1.82, 2.24) is 0 Å². The lowest BCUT2D eigenvalue weighted by molar-refractivity contribution is -0.137. The second kappa shape index (κ2) is 5.24. The molecule has 1 aromatic rings. The van der Waals surface area contributed by atoms with Crippen molar-refractivity contribution in [1.29, 1.82) is 0 Å². The summed E-state index contributed by atoms with van der Waals surface area (Å²) < 4.78 is 12.0. The van der Waals surface area contributed by atoms with Crippen molar-refractivity contribution in [2.24, 2.45) is 0 Å². The summed E-state index contributed by atoms with van der Waals surface area (Å²) in [5.41, 5.74) is 4.87. The molecule has 2 atom stereocenters. The minimum Gasteiger partial charge on any atom is -0.490 e. The average molecular weight is 290 g/mol. The van der Waals surface area contributed by atoms with Crippen molar-refractivity contribution >= 4 is 5.97 Å². The number of hydrogen-bond donors (Lipinski definition) is 1. The second-order valence-corrected chi connectivity index (χ2v) is 6.23. The molecule has 0 saturated carbocycles. The van der Waals surface area contributed by atoms with Crippen LogP contribution in [0.1, 0.15) is 48.9 Å². The third kappa shape index (κ3) is 2.47. The number of ether oxygens (including phenoxy) is 2. The predicted octanol–water partition coefficient (Wildman–Crippen LogP) is 3.05. The molecule has 1 N–H and O–H groups in total. The van der Waals surface area contributed by atoms with E-state index in [1.807, 2.05) is 0 Å². The molecule has 2 aliphatic rings. The van der Waals surface area contributed by atoms with Crippen LogP contribution in [-0.2, 0) is 24.1 Å². The molecule has 114 valence electrons. The van der Waals surface area contributed by atoms with Gasteiger partial charge in [0.05, 0.1) is 0 Å². The molecule has 2 unspecified atom stereocenters. The van der Waals surface area contributed by atoms with Gasteiger partial charge in [0.2, 0.25) is 0 Å². The van der Waals surface area contributed by atoms with Crippen molar-refractivity contribution in [2.45, 2.75) is 65.1 Å². The Labute approximate surface area is 125 Å². The zero-order valence-electron chi connectivity index (χ0n) is 12.9. The minimum atomic E-state index is -0.741. The first-order chi connectivity index (χ1) is 9.97. The van der Waals surface area contributed by atoms with E-state index in [4.69, 9.17) is 14.6 Å². The highest BCUT2D eigenvalue weighted by atomic mass is 16.5. The maximum atomic E-state index is 10.8. The van der Waals surface area contributed by atoms with Gasteiger partial charge in [0.25, 0.3) is 0 Å². The number of hydrogen-bond acceptors (Lipinski definition) is 3. The Morgan fingerprint density at radius 3 is 2.43 bits per heavy atom. The summed E-state index contributed by atoms with van der Waals surface area (Å²) in [6, 6.07) is 0. The van der Waals surface area contributed by atoms with Crippen LogP contribution < -0.4 is 9.47 Å². The summed E-state index contributed by atoms with van der Waals surface area (Å²) in [6.07, 6.45) is 3.78. The van der Waals surface area contributed by atoms with Crippen molar-refractivity contribution in [3.8, 4) is 11.5 Å². The Morgan fingerprint density at radius 1 is 1.14 bits per heavy atom. The van der Waals surface area contributed by atoms with Gasteiger partial charge in [-0.05, 0) is 39.2 Å². The van der Waals surface area contributed by atoms with Gasteiger partial charge in [-0.2, -0.15) is 0 Å². The number of benzene rings is 1. The van der Waals surface area contributed by atoms with Gasteiger partial charge >= 0.3 is 5.97 Å². The second-order valence-electron chi connectivity index (χ2n) is 6.23. The van der Waals surface area contributed by atoms with E-state index >= 15 is 0 Å². The summed E-state index contributed by atoms with van der Waals surface area (Å²) in [6.45, 7) is 6.27. The fourth-order valence-electron chi connectivity index (χ4n) is 3.49. The summed E-state index contributed by atoms with van der Waals surface area (Å²) >= 11 is 0. The molecule has 0 amide bonds. The Morgan fingerprint density at radius 2 is 1.76 bits per heavy atom. The predicted molar refractivity (Wildman–Crippen MR) is 79.3 cm³/mol. The van der Waals surface area contributed by atoms with Crippen LogP contribution in [-0.4, -0.2) is 23.3 Å². The van der Waals surface area contributed by atoms with Gasteiger partial charge in [0.15, 0.2) is 0 Å². The summed E-state index contributed by atoms with van der Waals surface area (Å²) in [4.78, 5) is 10.8. The standard InChI is InChI=1S/C17H22O4/c1-9-7-13-11(3)16-14(8-10(2)20-16)12(17(13)21-9)5-4-6-15(18)19/h9-10H,4-8H2,1-3H3,(H,18,19). The van der Waals surface area contributed by atoms with E-state index in [9.17, 15) is 4.79 Å².